The second-order valence-corrected chi connectivity index (χ2v) is 3.26. The van der Waals surface area contributed by atoms with Crippen molar-refractivity contribution < 1.29 is 23.2 Å². The molecule has 1 aromatic rings. The first-order chi connectivity index (χ1) is 8.45. The lowest BCUT2D eigenvalue weighted by molar-refractivity contribution is -0.387. The maximum atomic E-state index is 13.4. The van der Waals surface area contributed by atoms with Gasteiger partial charge in [0.15, 0.2) is 0 Å². The molecule has 18 heavy (non-hydrogen) atoms. The third kappa shape index (κ3) is 3.34. The Morgan fingerprint density at radius 1 is 1.44 bits per heavy atom. The molecule has 5 nitrogen and oxygen atoms in total. The monoisotopic (exact) mass is 257 g/mol. The molecule has 0 spiro atoms. The fraction of sp³-hybridized carbons (Fsp3) is 0.182. The van der Waals surface area contributed by atoms with Gasteiger partial charge in [0, 0.05) is 5.56 Å². The summed E-state index contributed by atoms with van der Waals surface area (Å²) in [6.45, 7) is 0. The molecule has 0 unspecified atom stereocenters. The first-order valence-corrected chi connectivity index (χ1v) is 4.82. The van der Waals surface area contributed by atoms with E-state index in [-0.39, 0.29) is 12.0 Å². The van der Waals surface area contributed by atoms with Gasteiger partial charge in [0.05, 0.1) is 24.5 Å². The standard InChI is InChI=1S/C11H9F2NO4/c1-18-11(15)4-2-3-7-5-9(13)10(14(16)17)6-8(7)12/h2-3,5-6H,4H2,1H3. The zero-order valence-corrected chi connectivity index (χ0v) is 9.35. The predicted octanol–water partition coefficient (Wildman–Crippen LogP) is 2.45. The molecule has 96 valence electrons. The summed E-state index contributed by atoms with van der Waals surface area (Å²) in [5.41, 5.74) is -1.11. The summed E-state index contributed by atoms with van der Waals surface area (Å²) in [7, 11) is 1.20. The van der Waals surface area contributed by atoms with Gasteiger partial charge in [0.2, 0.25) is 5.82 Å². The van der Waals surface area contributed by atoms with E-state index < -0.39 is 28.2 Å². The Bertz CT molecular complexity index is 514. The number of rotatable bonds is 4. The quantitative estimate of drug-likeness (QED) is 0.472. The number of hydrogen-bond donors (Lipinski definition) is 0. The molecule has 0 aliphatic heterocycles. The van der Waals surface area contributed by atoms with E-state index in [0.717, 1.165) is 6.08 Å². The number of ether oxygens (including phenoxy) is 1. The van der Waals surface area contributed by atoms with Crippen molar-refractivity contribution in [3.8, 4) is 0 Å². The van der Waals surface area contributed by atoms with Crippen LogP contribution < -0.4 is 0 Å². The molecule has 1 rings (SSSR count). The zero-order valence-electron chi connectivity index (χ0n) is 9.35. The Kier molecular flexibility index (Phi) is 4.47. The summed E-state index contributed by atoms with van der Waals surface area (Å²) < 4.78 is 30.9. The Morgan fingerprint density at radius 2 is 2.11 bits per heavy atom. The lowest BCUT2D eigenvalue weighted by atomic mass is 10.1. The number of halogens is 2. The fourth-order valence-corrected chi connectivity index (χ4v) is 1.18. The van der Waals surface area contributed by atoms with Gasteiger partial charge in [-0.1, -0.05) is 12.2 Å². The Balaban J connectivity index is 2.95. The summed E-state index contributed by atoms with van der Waals surface area (Å²) in [4.78, 5) is 20.1. The van der Waals surface area contributed by atoms with Crippen molar-refractivity contribution in [2.75, 3.05) is 7.11 Å². The van der Waals surface area contributed by atoms with Crippen molar-refractivity contribution in [1.29, 1.82) is 0 Å². The van der Waals surface area contributed by atoms with Crippen LogP contribution in [0.3, 0.4) is 0 Å². The van der Waals surface area contributed by atoms with Gasteiger partial charge in [0.1, 0.15) is 5.82 Å². The Labute approximate surface area is 101 Å². The molecule has 0 amide bonds. The number of nitro groups is 1. The van der Waals surface area contributed by atoms with Crippen LogP contribution in [0.5, 0.6) is 0 Å². The maximum absolute atomic E-state index is 13.4. The second-order valence-electron chi connectivity index (χ2n) is 3.26. The van der Waals surface area contributed by atoms with E-state index in [1.54, 1.807) is 0 Å². The van der Waals surface area contributed by atoms with E-state index in [0.29, 0.717) is 12.1 Å². The number of esters is 1. The highest BCUT2D eigenvalue weighted by Crippen LogP contribution is 2.22. The largest absolute Gasteiger partial charge is 0.469 e. The number of benzene rings is 1. The number of methoxy groups -OCH3 is 1. The average molecular weight is 257 g/mol. The first-order valence-electron chi connectivity index (χ1n) is 4.82. The van der Waals surface area contributed by atoms with Crippen LogP contribution >= 0.6 is 0 Å². The van der Waals surface area contributed by atoms with Crippen molar-refractivity contribution in [2.45, 2.75) is 6.42 Å². The van der Waals surface area contributed by atoms with E-state index in [9.17, 15) is 23.7 Å². The van der Waals surface area contributed by atoms with Crippen LogP contribution in [0.1, 0.15) is 12.0 Å². The summed E-state index contributed by atoms with van der Waals surface area (Å²) in [5.74, 6) is -2.61. The number of nitro benzene ring substituents is 1. The van der Waals surface area contributed by atoms with Crippen molar-refractivity contribution >= 4 is 17.7 Å². The minimum absolute atomic E-state index is 0.103. The van der Waals surface area contributed by atoms with Crippen molar-refractivity contribution in [1.82, 2.24) is 0 Å². The Morgan fingerprint density at radius 3 is 2.67 bits per heavy atom. The second kappa shape index (κ2) is 5.85. The molecule has 0 saturated heterocycles. The van der Waals surface area contributed by atoms with Crippen LogP contribution in [0.15, 0.2) is 18.2 Å². The molecule has 0 saturated carbocycles. The van der Waals surface area contributed by atoms with Gasteiger partial charge in [-0.25, -0.2) is 4.39 Å². The zero-order chi connectivity index (χ0) is 13.7. The van der Waals surface area contributed by atoms with Crippen LogP contribution in [-0.4, -0.2) is 18.0 Å². The topological polar surface area (TPSA) is 69.4 Å². The minimum Gasteiger partial charge on any atom is -0.469 e. The molecule has 0 radical (unpaired) electrons. The van der Waals surface area contributed by atoms with Gasteiger partial charge in [-0.05, 0) is 6.07 Å². The highest BCUT2D eigenvalue weighted by atomic mass is 19.1. The maximum Gasteiger partial charge on any atom is 0.309 e. The van der Waals surface area contributed by atoms with Gasteiger partial charge in [-0.3, -0.25) is 14.9 Å². The molecule has 0 aromatic heterocycles. The molecule has 0 N–H and O–H groups in total. The van der Waals surface area contributed by atoms with Crippen molar-refractivity contribution in [3.05, 3.63) is 45.5 Å². The van der Waals surface area contributed by atoms with E-state index in [1.165, 1.54) is 13.2 Å². The van der Waals surface area contributed by atoms with E-state index in [1.807, 2.05) is 0 Å². The van der Waals surface area contributed by atoms with E-state index in [4.69, 9.17) is 0 Å². The van der Waals surface area contributed by atoms with E-state index >= 15 is 0 Å². The number of nitrogens with zero attached hydrogens (tertiary/aromatic N) is 1. The molecular weight excluding hydrogens is 248 g/mol. The molecule has 0 aliphatic carbocycles. The lowest BCUT2D eigenvalue weighted by Crippen LogP contribution is -1.97. The summed E-state index contributed by atoms with van der Waals surface area (Å²) >= 11 is 0. The third-order valence-corrected chi connectivity index (χ3v) is 2.07. The summed E-state index contributed by atoms with van der Waals surface area (Å²) in [6, 6.07) is 1.19. The van der Waals surface area contributed by atoms with Crippen molar-refractivity contribution in [3.63, 3.8) is 0 Å². The molecule has 0 atom stereocenters. The van der Waals surface area contributed by atoms with Gasteiger partial charge in [-0.2, -0.15) is 4.39 Å². The first kappa shape index (κ1) is 13.8. The van der Waals surface area contributed by atoms with E-state index in [2.05, 4.69) is 4.74 Å². The fourth-order valence-electron chi connectivity index (χ4n) is 1.18. The van der Waals surface area contributed by atoms with Crippen LogP contribution in [0.4, 0.5) is 14.5 Å². The van der Waals surface area contributed by atoms with Gasteiger partial charge < -0.3 is 4.74 Å². The minimum atomic E-state index is -1.14. The number of hydrogen-bond acceptors (Lipinski definition) is 4. The molecule has 0 aliphatic rings. The predicted molar refractivity (Wildman–Crippen MR) is 58.7 cm³/mol. The Hall–Kier alpha value is -2.31. The molecule has 0 heterocycles. The highest BCUT2D eigenvalue weighted by molar-refractivity contribution is 5.72. The van der Waals surface area contributed by atoms with Crippen LogP contribution in [0.25, 0.3) is 6.08 Å². The molecule has 7 heteroatoms. The number of carbonyl (C=O) groups is 1. The molecule has 0 bridgehead atoms. The van der Waals surface area contributed by atoms with Crippen LogP contribution in [0, 0.1) is 21.7 Å². The average Bonchev–Trinajstić information content (AvgIpc) is 2.32. The molecule has 1 aromatic carbocycles. The molecule has 0 fully saturated rings. The van der Waals surface area contributed by atoms with Gasteiger partial charge in [0.25, 0.3) is 0 Å². The smallest absolute Gasteiger partial charge is 0.309 e. The normalized spacial score (nSPS) is 10.6. The van der Waals surface area contributed by atoms with Crippen molar-refractivity contribution in [2.24, 2.45) is 0 Å². The SMILES string of the molecule is COC(=O)CC=Cc1cc(F)c([N+](=O)[O-])cc1F. The summed E-state index contributed by atoms with van der Waals surface area (Å²) in [5, 5.41) is 10.3. The van der Waals surface area contributed by atoms with Gasteiger partial charge >= 0.3 is 11.7 Å². The summed E-state index contributed by atoms with van der Waals surface area (Å²) in [6.07, 6.45) is 2.32. The highest BCUT2D eigenvalue weighted by Gasteiger charge is 2.17. The van der Waals surface area contributed by atoms with Crippen LogP contribution in [0.2, 0.25) is 0 Å². The number of carbonyl (C=O) groups excluding carboxylic acids is 1. The van der Waals surface area contributed by atoms with Crippen LogP contribution in [-0.2, 0) is 9.53 Å². The molecular formula is C11H9F2NO4. The third-order valence-electron chi connectivity index (χ3n) is 2.07. The van der Waals surface area contributed by atoms with Gasteiger partial charge in [-0.15, -0.1) is 0 Å². The lowest BCUT2D eigenvalue weighted by Gasteiger charge is -1.99.